The molecular weight excluding hydrogens is 345 g/mol. The van der Waals surface area contributed by atoms with E-state index in [0.29, 0.717) is 16.5 Å². The van der Waals surface area contributed by atoms with Gasteiger partial charge in [0.1, 0.15) is 0 Å². The zero-order valence-electron chi connectivity index (χ0n) is 13.1. The summed E-state index contributed by atoms with van der Waals surface area (Å²) in [4.78, 5) is 4.51. The Hall–Kier alpha value is -2.11. The van der Waals surface area contributed by atoms with Crippen molar-refractivity contribution >= 4 is 34.9 Å². The third kappa shape index (κ3) is 3.23. The molecule has 5 nitrogen and oxygen atoms in total. The molecule has 0 saturated heterocycles. The number of pyridine rings is 1. The van der Waals surface area contributed by atoms with Crippen LogP contribution in [-0.4, -0.2) is 16.7 Å². The van der Waals surface area contributed by atoms with E-state index in [0.717, 1.165) is 34.5 Å². The summed E-state index contributed by atoms with van der Waals surface area (Å²) < 4.78 is 0. The van der Waals surface area contributed by atoms with Gasteiger partial charge in [-0.1, -0.05) is 29.3 Å². The number of rotatable bonds is 2. The largest absolute Gasteiger partial charge is 0.369 e. The van der Waals surface area contributed by atoms with E-state index in [1.165, 1.54) is 0 Å². The summed E-state index contributed by atoms with van der Waals surface area (Å²) in [5, 5.41) is 9.36. The highest BCUT2D eigenvalue weighted by molar-refractivity contribution is 6.36. The number of nitrogens with zero attached hydrogens (tertiary/aromatic N) is 3. The minimum atomic E-state index is -0.0801. The molecule has 1 aliphatic carbocycles. The van der Waals surface area contributed by atoms with Gasteiger partial charge in [-0.25, -0.2) is 0 Å². The summed E-state index contributed by atoms with van der Waals surface area (Å²) in [5.74, 6) is -0.00978. The van der Waals surface area contributed by atoms with Crippen LogP contribution in [-0.2, 0) is 6.42 Å². The molecule has 1 atom stereocenters. The minimum absolute atomic E-state index is 0.0703. The Kier molecular flexibility index (Phi) is 4.73. The van der Waals surface area contributed by atoms with E-state index >= 15 is 0 Å². The van der Waals surface area contributed by atoms with Gasteiger partial charge in [-0.05, 0) is 55.0 Å². The summed E-state index contributed by atoms with van der Waals surface area (Å²) in [5.41, 5.74) is 15.6. The van der Waals surface area contributed by atoms with Crippen LogP contribution in [0.4, 0.5) is 0 Å². The molecule has 0 fully saturated rings. The fourth-order valence-corrected chi connectivity index (χ4v) is 3.82. The molecule has 124 valence electrons. The monoisotopic (exact) mass is 361 g/mol. The van der Waals surface area contributed by atoms with Crippen LogP contribution in [0.5, 0.6) is 0 Å². The maximum atomic E-state index is 6.38. The van der Waals surface area contributed by atoms with Crippen LogP contribution in [0.15, 0.2) is 40.7 Å². The summed E-state index contributed by atoms with van der Waals surface area (Å²) in [6.45, 7) is 2.02. The first kappa shape index (κ1) is 16.7. The number of guanidine groups is 1. The van der Waals surface area contributed by atoms with E-state index in [1.807, 2.05) is 31.2 Å². The molecule has 0 saturated carbocycles. The molecule has 4 N–H and O–H groups in total. The van der Waals surface area contributed by atoms with Crippen LogP contribution in [0, 0.1) is 6.92 Å². The second-order valence-electron chi connectivity index (χ2n) is 5.76. The predicted molar refractivity (Wildman–Crippen MR) is 98.8 cm³/mol. The molecule has 1 unspecified atom stereocenters. The van der Waals surface area contributed by atoms with Crippen LogP contribution < -0.4 is 11.5 Å². The van der Waals surface area contributed by atoms with E-state index < -0.39 is 0 Å². The van der Waals surface area contributed by atoms with Gasteiger partial charge in [0, 0.05) is 21.8 Å². The molecule has 0 aliphatic heterocycles. The summed E-state index contributed by atoms with van der Waals surface area (Å²) in [6.07, 6.45) is 3.17. The van der Waals surface area contributed by atoms with Crippen molar-refractivity contribution in [1.82, 2.24) is 4.98 Å². The standard InChI is InChI=1S/C17H17Cl2N5/c1-9-5-6-22-13-7-10(16-11(18)3-2-4-12(16)19)8-14(15(9)13)23-24-17(20)21/h2-6,10H,7-8H2,1H3,(H4,20,21,24). The van der Waals surface area contributed by atoms with Gasteiger partial charge in [0.25, 0.3) is 0 Å². The number of hydrogen-bond acceptors (Lipinski definition) is 3. The predicted octanol–water partition coefficient (Wildman–Crippen LogP) is 3.40. The van der Waals surface area contributed by atoms with E-state index in [4.69, 9.17) is 34.7 Å². The van der Waals surface area contributed by atoms with E-state index in [1.54, 1.807) is 6.20 Å². The van der Waals surface area contributed by atoms with Crippen molar-refractivity contribution in [2.24, 2.45) is 21.7 Å². The van der Waals surface area contributed by atoms with Crippen LogP contribution in [0.25, 0.3) is 0 Å². The summed E-state index contributed by atoms with van der Waals surface area (Å²) in [7, 11) is 0. The molecule has 1 heterocycles. The van der Waals surface area contributed by atoms with Gasteiger partial charge < -0.3 is 11.5 Å². The average molecular weight is 362 g/mol. The van der Waals surface area contributed by atoms with Crippen molar-refractivity contribution in [3.05, 3.63) is 62.9 Å². The summed E-state index contributed by atoms with van der Waals surface area (Å²) in [6, 6.07) is 7.47. The minimum Gasteiger partial charge on any atom is -0.369 e. The molecule has 1 aromatic heterocycles. The van der Waals surface area contributed by atoms with Crippen LogP contribution in [0.3, 0.4) is 0 Å². The smallest absolute Gasteiger partial charge is 0.211 e. The Labute approximate surface area is 150 Å². The van der Waals surface area contributed by atoms with Crippen molar-refractivity contribution in [3.8, 4) is 0 Å². The topological polar surface area (TPSA) is 89.6 Å². The second kappa shape index (κ2) is 6.79. The first-order valence-corrected chi connectivity index (χ1v) is 8.27. The first-order valence-electron chi connectivity index (χ1n) is 7.51. The fraction of sp³-hybridized carbons (Fsp3) is 0.235. The maximum absolute atomic E-state index is 6.38. The van der Waals surface area contributed by atoms with Crippen molar-refractivity contribution in [3.63, 3.8) is 0 Å². The summed E-state index contributed by atoms with van der Waals surface area (Å²) >= 11 is 12.8. The molecule has 0 spiro atoms. The molecule has 1 aliphatic rings. The lowest BCUT2D eigenvalue weighted by Gasteiger charge is -2.27. The highest BCUT2D eigenvalue weighted by Gasteiger charge is 2.29. The van der Waals surface area contributed by atoms with Crippen molar-refractivity contribution in [2.45, 2.75) is 25.7 Å². The van der Waals surface area contributed by atoms with Crippen molar-refractivity contribution in [1.29, 1.82) is 0 Å². The Balaban J connectivity index is 2.12. The number of aromatic nitrogens is 1. The molecule has 1 aromatic carbocycles. The Bertz CT molecular complexity index is 821. The van der Waals surface area contributed by atoms with Crippen LogP contribution >= 0.6 is 23.2 Å². The lowest BCUT2D eigenvalue weighted by Crippen LogP contribution is -2.24. The number of halogens is 2. The lowest BCUT2D eigenvalue weighted by molar-refractivity contribution is 0.677. The third-order valence-corrected chi connectivity index (χ3v) is 4.76. The molecule has 0 radical (unpaired) electrons. The van der Waals surface area contributed by atoms with Gasteiger partial charge in [-0.15, -0.1) is 5.10 Å². The van der Waals surface area contributed by atoms with Gasteiger partial charge >= 0.3 is 0 Å². The SMILES string of the molecule is Cc1ccnc2c1C(=NN=C(N)N)CC(c1c(Cl)cccc1Cl)C2. The van der Waals surface area contributed by atoms with E-state index in [2.05, 4.69) is 15.2 Å². The molecule has 0 bridgehead atoms. The molecule has 0 amide bonds. The fourth-order valence-electron chi connectivity index (χ4n) is 3.12. The molecule has 2 aromatic rings. The normalized spacial score (nSPS) is 18.3. The van der Waals surface area contributed by atoms with E-state index in [-0.39, 0.29) is 11.9 Å². The molecule has 7 heteroatoms. The maximum Gasteiger partial charge on any atom is 0.211 e. The van der Waals surface area contributed by atoms with Gasteiger partial charge in [-0.3, -0.25) is 4.98 Å². The van der Waals surface area contributed by atoms with Crippen LogP contribution in [0.1, 0.15) is 34.7 Å². The zero-order valence-corrected chi connectivity index (χ0v) is 14.6. The average Bonchev–Trinajstić information content (AvgIpc) is 2.52. The number of aryl methyl sites for hydroxylation is 1. The Morgan fingerprint density at radius 2 is 1.88 bits per heavy atom. The quantitative estimate of drug-likeness (QED) is 0.487. The van der Waals surface area contributed by atoms with Gasteiger partial charge in [-0.2, -0.15) is 5.10 Å². The van der Waals surface area contributed by atoms with Gasteiger partial charge in [0.2, 0.25) is 5.96 Å². The number of fused-ring (bicyclic) bond motifs is 1. The van der Waals surface area contributed by atoms with Crippen molar-refractivity contribution in [2.75, 3.05) is 0 Å². The third-order valence-electron chi connectivity index (χ3n) is 4.10. The highest BCUT2D eigenvalue weighted by atomic mass is 35.5. The zero-order chi connectivity index (χ0) is 17.3. The lowest BCUT2D eigenvalue weighted by atomic mass is 9.80. The highest BCUT2D eigenvalue weighted by Crippen LogP contribution is 2.39. The van der Waals surface area contributed by atoms with Crippen molar-refractivity contribution < 1.29 is 0 Å². The van der Waals surface area contributed by atoms with Gasteiger partial charge in [0.15, 0.2) is 0 Å². The first-order chi connectivity index (χ1) is 11.5. The van der Waals surface area contributed by atoms with E-state index in [9.17, 15) is 0 Å². The Morgan fingerprint density at radius 3 is 2.54 bits per heavy atom. The number of hydrogen-bond donors (Lipinski definition) is 2. The molecule has 3 rings (SSSR count). The second-order valence-corrected chi connectivity index (χ2v) is 6.58. The number of nitrogens with two attached hydrogens (primary N) is 2. The molecule has 24 heavy (non-hydrogen) atoms. The number of benzene rings is 1. The molecular formula is C17H17Cl2N5. The van der Waals surface area contributed by atoms with Crippen LogP contribution in [0.2, 0.25) is 10.0 Å². The Morgan fingerprint density at radius 1 is 1.17 bits per heavy atom. The van der Waals surface area contributed by atoms with Gasteiger partial charge in [0.05, 0.1) is 11.4 Å².